The molecule has 1 aliphatic rings. The average molecular weight is 345 g/mol. The zero-order valence-electron chi connectivity index (χ0n) is 14.0. The minimum atomic E-state index is -0.552. The molecule has 1 saturated heterocycles. The first-order valence-corrected chi connectivity index (χ1v) is 8.01. The molecule has 0 saturated carbocycles. The molecule has 1 aromatic carbocycles. The van der Waals surface area contributed by atoms with Crippen LogP contribution in [0.25, 0.3) is 0 Å². The molecular formula is C17H20FN5O2. The molecule has 8 heteroatoms. The van der Waals surface area contributed by atoms with Crippen LogP contribution in [0.5, 0.6) is 0 Å². The summed E-state index contributed by atoms with van der Waals surface area (Å²) in [6.07, 6.45) is 3.68. The molecule has 25 heavy (non-hydrogen) atoms. The Bertz CT molecular complexity index is 804. The smallest absolute Gasteiger partial charge is 0.229 e. The van der Waals surface area contributed by atoms with Crippen LogP contribution in [0.2, 0.25) is 0 Å². The van der Waals surface area contributed by atoms with E-state index in [1.807, 2.05) is 13.2 Å². The van der Waals surface area contributed by atoms with Gasteiger partial charge in [0.15, 0.2) is 0 Å². The minimum absolute atomic E-state index is 0.0314. The van der Waals surface area contributed by atoms with E-state index in [4.69, 9.17) is 0 Å². The number of anilines is 2. The molecule has 0 bridgehead atoms. The van der Waals surface area contributed by atoms with Crippen molar-refractivity contribution in [2.75, 3.05) is 23.7 Å². The van der Waals surface area contributed by atoms with Crippen LogP contribution in [0, 0.1) is 11.7 Å². The molecule has 2 atom stereocenters. The quantitative estimate of drug-likeness (QED) is 0.783. The van der Waals surface area contributed by atoms with E-state index in [-0.39, 0.29) is 29.3 Å². The van der Waals surface area contributed by atoms with Crippen molar-refractivity contribution in [2.45, 2.75) is 12.8 Å². The summed E-state index contributed by atoms with van der Waals surface area (Å²) < 4.78 is 15.4. The van der Waals surface area contributed by atoms with Crippen LogP contribution in [0.3, 0.4) is 0 Å². The Labute approximate surface area is 144 Å². The highest BCUT2D eigenvalue weighted by Gasteiger charge is 2.34. The van der Waals surface area contributed by atoms with E-state index in [1.54, 1.807) is 10.9 Å². The number of hydrogen-bond donors (Lipinski definition) is 3. The van der Waals surface area contributed by atoms with Gasteiger partial charge >= 0.3 is 0 Å². The Morgan fingerprint density at radius 3 is 2.80 bits per heavy atom. The van der Waals surface area contributed by atoms with Crippen molar-refractivity contribution in [2.24, 2.45) is 13.0 Å². The molecule has 1 aliphatic heterocycles. The zero-order chi connectivity index (χ0) is 18.0. The Kier molecular flexibility index (Phi) is 4.80. The number of halogens is 1. The van der Waals surface area contributed by atoms with Gasteiger partial charge in [0.2, 0.25) is 11.8 Å². The largest absolute Gasteiger partial charge is 0.326 e. The fourth-order valence-corrected chi connectivity index (χ4v) is 3.06. The summed E-state index contributed by atoms with van der Waals surface area (Å²) in [6.45, 7) is 2.56. The molecule has 2 aromatic rings. The molecule has 1 aromatic heterocycles. The van der Waals surface area contributed by atoms with Crippen LogP contribution < -0.4 is 16.0 Å². The van der Waals surface area contributed by atoms with E-state index >= 15 is 0 Å². The molecule has 2 amide bonds. The van der Waals surface area contributed by atoms with Gasteiger partial charge in [0.25, 0.3) is 0 Å². The summed E-state index contributed by atoms with van der Waals surface area (Å²) in [5, 5.41) is 12.6. The van der Waals surface area contributed by atoms with Gasteiger partial charge in [-0.05, 0) is 23.8 Å². The maximum absolute atomic E-state index is 13.7. The van der Waals surface area contributed by atoms with Gasteiger partial charge < -0.3 is 16.0 Å². The standard InChI is InChI=1S/C17H20FN5O2/c1-10(24)21-16-5-12(3-4-15(16)18)22-17(25)14-8-19-7-13(14)11-6-20-23(2)9-11/h3-6,9,13-14,19H,7-8H2,1-2H3,(H,21,24)(H,22,25)/t13-,14+/m1/s1. The molecule has 3 N–H and O–H groups in total. The van der Waals surface area contributed by atoms with E-state index in [9.17, 15) is 14.0 Å². The van der Waals surface area contributed by atoms with Gasteiger partial charge in [-0.2, -0.15) is 5.10 Å². The van der Waals surface area contributed by atoms with Gasteiger partial charge in [0.05, 0.1) is 17.8 Å². The van der Waals surface area contributed by atoms with Crippen molar-refractivity contribution >= 4 is 23.2 Å². The van der Waals surface area contributed by atoms with Gasteiger partial charge in [-0.1, -0.05) is 0 Å². The predicted octanol–water partition coefficient (Wildman–Crippen LogP) is 1.46. The number of aryl methyl sites for hydroxylation is 1. The normalized spacial score (nSPS) is 19.6. The van der Waals surface area contributed by atoms with Crippen LogP contribution in [0.4, 0.5) is 15.8 Å². The average Bonchev–Trinajstić information content (AvgIpc) is 3.18. The first kappa shape index (κ1) is 17.1. The van der Waals surface area contributed by atoms with E-state index < -0.39 is 5.82 Å². The fraction of sp³-hybridized carbons (Fsp3) is 0.353. The Morgan fingerprint density at radius 1 is 1.32 bits per heavy atom. The van der Waals surface area contributed by atoms with Crippen LogP contribution in [0.15, 0.2) is 30.6 Å². The molecule has 0 spiro atoms. The molecular weight excluding hydrogens is 325 g/mol. The van der Waals surface area contributed by atoms with E-state index in [1.165, 1.54) is 25.1 Å². The molecule has 132 valence electrons. The summed E-state index contributed by atoms with van der Waals surface area (Å²) in [5.74, 6) is -1.30. The number of amides is 2. The third-order valence-corrected chi connectivity index (χ3v) is 4.25. The second-order valence-corrected chi connectivity index (χ2v) is 6.18. The number of carbonyl (C=O) groups excluding carboxylic acids is 2. The summed E-state index contributed by atoms with van der Waals surface area (Å²) in [4.78, 5) is 23.8. The molecule has 0 radical (unpaired) electrons. The van der Waals surface area contributed by atoms with Gasteiger partial charge in [-0.3, -0.25) is 14.3 Å². The van der Waals surface area contributed by atoms with E-state index in [0.29, 0.717) is 18.8 Å². The fourth-order valence-electron chi connectivity index (χ4n) is 3.06. The molecule has 1 fully saturated rings. The second kappa shape index (κ2) is 7.02. The third kappa shape index (κ3) is 3.85. The number of aromatic nitrogens is 2. The summed E-state index contributed by atoms with van der Waals surface area (Å²) in [5.41, 5.74) is 1.48. The number of benzene rings is 1. The van der Waals surface area contributed by atoms with Gasteiger partial charge in [0.1, 0.15) is 5.82 Å². The Hall–Kier alpha value is -2.74. The number of nitrogens with zero attached hydrogens (tertiary/aromatic N) is 2. The lowest BCUT2D eigenvalue weighted by atomic mass is 9.90. The molecule has 2 heterocycles. The highest BCUT2D eigenvalue weighted by atomic mass is 19.1. The predicted molar refractivity (Wildman–Crippen MR) is 91.6 cm³/mol. The van der Waals surface area contributed by atoms with Crippen LogP contribution in [-0.2, 0) is 16.6 Å². The lowest BCUT2D eigenvalue weighted by Crippen LogP contribution is -2.28. The van der Waals surface area contributed by atoms with Gasteiger partial charge in [0, 0.05) is 44.9 Å². The summed E-state index contributed by atoms with van der Waals surface area (Å²) >= 11 is 0. The molecule has 3 rings (SSSR count). The van der Waals surface area contributed by atoms with Crippen LogP contribution in [-0.4, -0.2) is 34.7 Å². The molecule has 0 aliphatic carbocycles. The van der Waals surface area contributed by atoms with Crippen LogP contribution >= 0.6 is 0 Å². The maximum Gasteiger partial charge on any atom is 0.229 e. The van der Waals surface area contributed by atoms with Gasteiger partial charge in [-0.25, -0.2) is 4.39 Å². The van der Waals surface area contributed by atoms with Crippen LogP contribution in [0.1, 0.15) is 18.4 Å². The lowest BCUT2D eigenvalue weighted by molar-refractivity contribution is -0.119. The topological polar surface area (TPSA) is 88.1 Å². The van der Waals surface area contributed by atoms with Crippen molar-refractivity contribution in [3.8, 4) is 0 Å². The number of carbonyl (C=O) groups is 2. The monoisotopic (exact) mass is 345 g/mol. The Balaban J connectivity index is 1.74. The van der Waals surface area contributed by atoms with Crippen molar-refractivity contribution in [3.63, 3.8) is 0 Å². The van der Waals surface area contributed by atoms with Crippen molar-refractivity contribution in [1.29, 1.82) is 0 Å². The van der Waals surface area contributed by atoms with E-state index in [2.05, 4.69) is 21.0 Å². The third-order valence-electron chi connectivity index (χ3n) is 4.25. The van der Waals surface area contributed by atoms with E-state index in [0.717, 1.165) is 5.56 Å². The lowest BCUT2D eigenvalue weighted by Gasteiger charge is -2.17. The number of rotatable bonds is 4. The first-order valence-electron chi connectivity index (χ1n) is 8.01. The molecule has 7 nitrogen and oxygen atoms in total. The number of nitrogens with one attached hydrogen (secondary N) is 3. The summed E-state index contributed by atoms with van der Waals surface area (Å²) in [6, 6.07) is 4.10. The zero-order valence-corrected chi connectivity index (χ0v) is 14.0. The second-order valence-electron chi connectivity index (χ2n) is 6.18. The maximum atomic E-state index is 13.7. The number of hydrogen-bond acceptors (Lipinski definition) is 4. The summed E-state index contributed by atoms with van der Waals surface area (Å²) in [7, 11) is 1.84. The minimum Gasteiger partial charge on any atom is -0.326 e. The first-order chi connectivity index (χ1) is 11.9. The van der Waals surface area contributed by atoms with Crippen molar-refractivity contribution in [1.82, 2.24) is 15.1 Å². The SMILES string of the molecule is CC(=O)Nc1cc(NC(=O)[C@H]2CNC[C@@H]2c2cnn(C)c2)ccc1F. The highest BCUT2D eigenvalue weighted by molar-refractivity contribution is 5.95. The van der Waals surface area contributed by atoms with Crippen molar-refractivity contribution < 1.29 is 14.0 Å². The highest BCUT2D eigenvalue weighted by Crippen LogP contribution is 2.29. The Morgan fingerprint density at radius 2 is 2.12 bits per heavy atom. The van der Waals surface area contributed by atoms with Crippen molar-refractivity contribution in [3.05, 3.63) is 42.0 Å². The molecule has 0 unspecified atom stereocenters. The van der Waals surface area contributed by atoms with Gasteiger partial charge in [-0.15, -0.1) is 0 Å².